The summed E-state index contributed by atoms with van der Waals surface area (Å²) >= 11 is 0. The monoisotopic (exact) mass is 394 g/mol. The lowest BCUT2D eigenvalue weighted by molar-refractivity contribution is -0.137. The smallest absolute Gasteiger partial charge is 0.417 e. The van der Waals surface area contributed by atoms with Gasteiger partial charge in [-0.25, -0.2) is 14.1 Å². The second kappa shape index (κ2) is 7.50. The summed E-state index contributed by atoms with van der Waals surface area (Å²) in [5.41, 5.74) is 1.35. The van der Waals surface area contributed by atoms with Crippen LogP contribution in [-0.4, -0.2) is 53.4 Å². The third-order valence-electron chi connectivity index (χ3n) is 5.24. The van der Waals surface area contributed by atoms with Gasteiger partial charge in [0.1, 0.15) is 18.5 Å². The molecule has 2 aromatic rings. The van der Waals surface area contributed by atoms with E-state index in [4.69, 9.17) is 4.74 Å². The molecule has 0 radical (unpaired) electrons. The predicted molar refractivity (Wildman–Crippen MR) is 103 cm³/mol. The molecule has 2 aliphatic rings. The number of cyclic esters (lactones) is 1. The maximum absolute atomic E-state index is 14.4. The van der Waals surface area contributed by atoms with E-state index >= 15 is 0 Å². The lowest BCUT2D eigenvalue weighted by Crippen LogP contribution is -2.50. The molecule has 0 aliphatic carbocycles. The first-order chi connectivity index (χ1) is 14.0. The number of ether oxygens (including phenoxy) is 1. The predicted octanol–water partition coefficient (Wildman–Crippen LogP) is 2.64. The van der Waals surface area contributed by atoms with Gasteiger partial charge in [0.25, 0.3) is 5.91 Å². The fourth-order valence-corrected chi connectivity index (χ4v) is 3.77. The van der Waals surface area contributed by atoms with Crippen molar-refractivity contribution in [2.24, 2.45) is 0 Å². The molecule has 2 aromatic carbocycles. The molecule has 3 amide bonds. The van der Waals surface area contributed by atoms with Crippen molar-refractivity contribution < 1.29 is 23.5 Å². The number of amides is 3. The zero-order valence-corrected chi connectivity index (χ0v) is 15.7. The summed E-state index contributed by atoms with van der Waals surface area (Å²) in [6.45, 7) is 0.0720. The molecule has 0 unspecified atom stereocenters. The molecule has 148 valence electrons. The summed E-state index contributed by atoms with van der Waals surface area (Å²) in [5, 5.41) is 0. The van der Waals surface area contributed by atoms with Gasteiger partial charge in [-0.1, -0.05) is 48.5 Å². The molecule has 29 heavy (non-hydrogen) atoms. The molecule has 0 aromatic heterocycles. The number of benzene rings is 2. The summed E-state index contributed by atoms with van der Waals surface area (Å²) in [5.74, 6) is -1.56. The van der Waals surface area contributed by atoms with Gasteiger partial charge in [0, 0.05) is 18.7 Å². The first-order valence-corrected chi connectivity index (χ1v) is 9.24. The van der Waals surface area contributed by atoms with Crippen LogP contribution in [0.3, 0.4) is 0 Å². The van der Waals surface area contributed by atoms with Crippen LogP contribution in [0.2, 0.25) is 0 Å². The van der Waals surface area contributed by atoms with Crippen LogP contribution < -0.4 is 0 Å². The van der Waals surface area contributed by atoms with Crippen LogP contribution in [0, 0.1) is 5.82 Å². The van der Waals surface area contributed by atoms with E-state index in [9.17, 15) is 18.8 Å². The standard InChI is InChI=1S/C22H19FN2O4/c1-24-19(26)12-17(16-9-5-6-10-18(16)23)20(24)21(27)25-15(13-29-22(25)28)11-14-7-3-2-4-8-14/h2-10,12,15,20H,11,13H2,1H3/t15-,20-/m0/s1. The van der Waals surface area contributed by atoms with Gasteiger partial charge in [-0.2, -0.15) is 0 Å². The second-order valence-electron chi connectivity index (χ2n) is 7.06. The number of imide groups is 1. The number of nitrogens with zero attached hydrogens (tertiary/aromatic N) is 2. The van der Waals surface area contributed by atoms with Crippen molar-refractivity contribution in [1.29, 1.82) is 0 Å². The number of carbonyl (C=O) groups is 3. The van der Waals surface area contributed by atoms with Crippen molar-refractivity contribution in [3.8, 4) is 0 Å². The lowest BCUT2D eigenvalue weighted by Gasteiger charge is -2.28. The van der Waals surface area contributed by atoms with Gasteiger partial charge in [0.2, 0.25) is 5.91 Å². The fraction of sp³-hybridized carbons (Fsp3) is 0.227. The number of halogens is 1. The molecule has 6 nitrogen and oxygen atoms in total. The van der Waals surface area contributed by atoms with E-state index in [1.807, 2.05) is 30.3 Å². The minimum absolute atomic E-state index is 0.0720. The van der Waals surface area contributed by atoms with Crippen molar-refractivity contribution in [2.45, 2.75) is 18.5 Å². The Bertz CT molecular complexity index is 1000. The molecule has 0 saturated carbocycles. The number of rotatable bonds is 4. The third kappa shape index (κ3) is 3.40. The zero-order valence-electron chi connectivity index (χ0n) is 15.7. The van der Waals surface area contributed by atoms with Crippen LogP contribution in [0.25, 0.3) is 5.57 Å². The average molecular weight is 394 g/mol. The minimum atomic E-state index is -1.09. The van der Waals surface area contributed by atoms with E-state index in [-0.39, 0.29) is 17.7 Å². The molecule has 1 saturated heterocycles. The van der Waals surface area contributed by atoms with Gasteiger partial charge in [0.15, 0.2) is 0 Å². The Morgan fingerprint density at radius 3 is 2.52 bits per heavy atom. The Hall–Kier alpha value is -3.48. The van der Waals surface area contributed by atoms with Gasteiger partial charge in [-0.3, -0.25) is 9.59 Å². The third-order valence-corrected chi connectivity index (χ3v) is 5.24. The Kier molecular flexibility index (Phi) is 4.88. The highest BCUT2D eigenvalue weighted by Crippen LogP contribution is 2.32. The van der Waals surface area contributed by atoms with E-state index in [0.29, 0.717) is 6.42 Å². The van der Waals surface area contributed by atoms with Crippen LogP contribution in [0.1, 0.15) is 11.1 Å². The summed E-state index contributed by atoms with van der Waals surface area (Å²) in [6, 6.07) is 13.8. The van der Waals surface area contributed by atoms with E-state index in [1.165, 1.54) is 36.2 Å². The van der Waals surface area contributed by atoms with E-state index < -0.39 is 35.8 Å². The van der Waals surface area contributed by atoms with E-state index in [0.717, 1.165) is 10.5 Å². The first kappa shape index (κ1) is 18.9. The summed E-state index contributed by atoms with van der Waals surface area (Å²) in [7, 11) is 1.46. The van der Waals surface area contributed by atoms with Gasteiger partial charge in [-0.15, -0.1) is 0 Å². The van der Waals surface area contributed by atoms with Crippen LogP contribution in [-0.2, 0) is 20.7 Å². The van der Waals surface area contributed by atoms with Crippen molar-refractivity contribution >= 4 is 23.5 Å². The van der Waals surface area contributed by atoms with Gasteiger partial charge in [0.05, 0.1) is 6.04 Å². The zero-order chi connectivity index (χ0) is 20.5. The van der Waals surface area contributed by atoms with Crippen LogP contribution in [0.15, 0.2) is 60.7 Å². The molecule has 7 heteroatoms. The number of likely N-dealkylation sites (N-methyl/N-ethyl adjacent to an activating group) is 1. The molecular weight excluding hydrogens is 375 g/mol. The molecule has 2 heterocycles. The molecule has 1 fully saturated rings. The normalized spacial score (nSPS) is 21.4. The Morgan fingerprint density at radius 2 is 1.79 bits per heavy atom. The quantitative estimate of drug-likeness (QED) is 0.800. The highest BCUT2D eigenvalue weighted by Gasteiger charge is 2.46. The maximum atomic E-state index is 14.4. The van der Waals surface area contributed by atoms with Gasteiger partial charge < -0.3 is 9.64 Å². The summed E-state index contributed by atoms with van der Waals surface area (Å²) < 4.78 is 19.5. The van der Waals surface area contributed by atoms with Crippen LogP contribution >= 0.6 is 0 Å². The highest BCUT2D eigenvalue weighted by molar-refractivity contribution is 6.13. The summed E-state index contributed by atoms with van der Waals surface area (Å²) in [4.78, 5) is 40.3. The molecule has 0 spiro atoms. The van der Waals surface area contributed by atoms with Crippen molar-refractivity contribution in [3.63, 3.8) is 0 Å². The maximum Gasteiger partial charge on any atom is 0.417 e. The molecule has 2 atom stereocenters. The molecular formula is C22H19FN2O4. The number of hydrogen-bond acceptors (Lipinski definition) is 4. The first-order valence-electron chi connectivity index (χ1n) is 9.24. The lowest BCUT2D eigenvalue weighted by atomic mass is 9.97. The second-order valence-corrected chi connectivity index (χ2v) is 7.06. The van der Waals surface area contributed by atoms with Crippen LogP contribution in [0.5, 0.6) is 0 Å². The molecule has 0 bridgehead atoms. The Morgan fingerprint density at radius 1 is 1.10 bits per heavy atom. The van der Waals surface area contributed by atoms with Crippen LogP contribution in [0.4, 0.5) is 9.18 Å². The molecule has 4 rings (SSSR count). The summed E-state index contributed by atoms with van der Waals surface area (Å²) in [6.07, 6.45) is 0.923. The van der Waals surface area contributed by atoms with Crippen molar-refractivity contribution in [3.05, 3.63) is 77.6 Å². The van der Waals surface area contributed by atoms with Crippen molar-refractivity contribution in [1.82, 2.24) is 9.80 Å². The minimum Gasteiger partial charge on any atom is -0.447 e. The highest BCUT2D eigenvalue weighted by atomic mass is 19.1. The Labute approximate surface area is 167 Å². The van der Waals surface area contributed by atoms with E-state index in [1.54, 1.807) is 6.07 Å². The van der Waals surface area contributed by atoms with Gasteiger partial charge >= 0.3 is 6.09 Å². The Balaban J connectivity index is 1.65. The topological polar surface area (TPSA) is 66.9 Å². The van der Waals surface area contributed by atoms with Gasteiger partial charge in [-0.05, 0) is 23.6 Å². The molecule has 0 N–H and O–H groups in total. The number of hydrogen-bond donors (Lipinski definition) is 0. The van der Waals surface area contributed by atoms with E-state index in [2.05, 4.69) is 0 Å². The fourth-order valence-electron chi connectivity index (χ4n) is 3.77. The van der Waals surface area contributed by atoms with Crippen molar-refractivity contribution in [2.75, 3.05) is 13.7 Å². The SMILES string of the molecule is CN1C(=O)C=C(c2ccccc2F)[C@H]1C(=O)N1C(=O)OC[C@@H]1Cc1ccccc1. The number of carbonyl (C=O) groups excluding carboxylic acids is 3. The average Bonchev–Trinajstić information content (AvgIpc) is 3.22. The molecule has 2 aliphatic heterocycles. The largest absolute Gasteiger partial charge is 0.447 e.